The molecular weight excluding hydrogens is 146 g/mol. The molecule has 11 heavy (non-hydrogen) atoms. The van der Waals surface area contributed by atoms with Gasteiger partial charge in [-0.15, -0.1) is 6.42 Å². The van der Waals surface area contributed by atoms with Crippen LogP contribution in [0.15, 0.2) is 0 Å². The number of amides is 1. The van der Waals surface area contributed by atoms with E-state index in [2.05, 4.69) is 16.0 Å². The molecule has 0 bridgehead atoms. The van der Waals surface area contributed by atoms with Crippen LogP contribution in [-0.4, -0.2) is 32.0 Å². The molecule has 0 aromatic rings. The number of carbonyl (C=O) groups excluding carboxylic acids is 1. The molecule has 1 fully saturated rings. The van der Waals surface area contributed by atoms with Crippen molar-refractivity contribution in [3.05, 3.63) is 0 Å². The number of epoxide rings is 1. The van der Waals surface area contributed by atoms with Crippen LogP contribution in [0.3, 0.4) is 0 Å². The second-order valence-corrected chi connectivity index (χ2v) is 2.12. The molecule has 1 amide bonds. The van der Waals surface area contributed by atoms with Crippen LogP contribution in [0.1, 0.15) is 0 Å². The van der Waals surface area contributed by atoms with Crippen molar-refractivity contribution in [2.24, 2.45) is 0 Å². The molecule has 1 aliphatic heterocycles. The van der Waals surface area contributed by atoms with Gasteiger partial charge in [0.1, 0.15) is 0 Å². The molecule has 60 valence electrons. The molecule has 0 spiro atoms. The fourth-order valence-corrected chi connectivity index (χ4v) is 0.541. The summed E-state index contributed by atoms with van der Waals surface area (Å²) in [5.74, 6) is 2.19. The van der Waals surface area contributed by atoms with Gasteiger partial charge in [0.25, 0.3) is 0 Å². The largest absolute Gasteiger partial charge is 0.436 e. The van der Waals surface area contributed by atoms with Crippen molar-refractivity contribution in [1.29, 1.82) is 0 Å². The van der Waals surface area contributed by atoms with E-state index in [0.717, 1.165) is 6.61 Å². The van der Waals surface area contributed by atoms with Crippen LogP contribution in [0.4, 0.5) is 4.79 Å². The summed E-state index contributed by atoms with van der Waals surface area (Å²) >= 11 is 0. The van der Waals surface area contributed by atoms with E-state index in [1.807, 2.05) is 0 Å². The normalized spacial score (nSPS) is 20.1. The van der Waals surface area contributed by atoms with E-state index in [0.29, 0.717) is 6.54 Å². The Kier molecular flexibility index (Phi) is 2.75. The lowest BCUT2D eigenvalue weighted by molar-refractivity contribution is 0.159. The van der Waals surface area contributed by atoms with Gasteiger partial charge in [0, 0.05) is 6.54 Å². The van der Waals surface area contributed by atoms with Crippen LogP contribution in [-0.2, 0) is 9.47 Å². The molecule has 1 unspecified atom stereocenters. The molecule has 1 atom stereocenters. The van der Waals surface area contributed by atoms with Gasteiger partial charge in [-0.05, 0) is 0 Å². The van der Waals surface area contributed by atoms with Crippen molar-refractivity contribution < 1.29 is 14.3 Å². The van der Waals surface area contributed by atoms with Crippen LogP contribution in [0.25, 0.3) is 0 Å². The number of hydrogen-bond acceptors (Lipinski definition) is 3. The molecule has 4 nitrogen and oxygen atoms in total. The molecule has 4 heteroatoms. The van der Waals surface area contributed by atoms with E-state index < -0.39 is 6.09 Å². The van der Waals surface area contributed by atoms with Crippen molar-refractivity contribution in [2.75, 3.05) is 19.8 Å². The Morgan fingerprint density at radius 2 is 2.64 bits per heavy atom. The zero-order chi connectivity index (χ0) is 8.10. The summed E-state index contributed by atoms with van der Waals surface area (Å²) in [6, 6.07) is 0. The smallest absolute Gasteiger partial charge is 0.408 e. The SMILES string of the molecule is C#CCOC(=O)NCC1CO1. The third kappa shape index (κ3) is 3.48. The minimum atomic E-state index is -0.488. The molecule has 1 N–H and O–H groups in total. The summed E-state index contributed by atoms with van der Waals surface area (Å²) < 4.78 is 9.38. The van der Waals surface area contributed by atoms with Crippen molar-refractivity contribution in [2.45, 2.75) is 6.10 Å². The van der Waals surface area contributed by atoms with E-state index in [4.69, 9.17) is 11.2 Å². The summed E-state index contributed by atoms with van der Waals surface area (Å²) in [7, 11) is 0. The summed E-state index contributed by atoms with van der Waals surface area (Å²) in [5.41, 5.74) is 0. The molecule has 0 aliphatic carbocycles. The second kappa shape index (κ2) is 3.84. The Morgan fingerprint density at radius 1 is 1.91 bits per heavy atom. The Bertz CT molecular complexity index is 181. The first kappa shape index (κ1) is 7.89. The molecule has 1 saturated heterocycles. The quantitative estimate of drug-likeness (QED) is 0.451. The van der Waals surface area contributed by atoms with Gasteiger partial charge in [0.2, 0.25) is 0 Å². The highest BCUT2D eigenvalue weighted by molar-refractivity contribution is 5.67. The van der Waals surface area contributed by atoms with Crippen molar-refractivity contribution in [3.8, 4) is 12.3 Å². The predicted molar refractivity (Wildman–Crippen MR) is 37.9 cm³/mol. The van der Waals surface area contributed by atoms with E-state index in [1.54, 1.807) is 0 Å². The summed E-state index contributed by atoms with van der Waals surface area (Å²) in [5, 5.41) is 2.50. The highest BCUT2D eigenvalue weighted by Crippen LogP contribution is 2.05. The van der Waals surface area contributed by atoms with E-state index in [-0.39, 0.29) is 12.7 Å². The summed E-state index contributed by atoms with van der Waals surface area (Å²) in [6.45, 7) is 1.23. The van der Waals surface area contributed by atoms with Gasteiger partial charge in [-0.1, -0.05) is 5.92 Å². The van der Waals surface area contributed by atoms with Crippen molar-refractivity contribution in [1.82, 2.24) is 5.32 Å². The van der Waals surface area contributed by atoms with E-state index in [9.17, 15) is 4.79 Å². The topological polar surface area (TPSA) is 50.9 Å². The first-order chi connectivity index (χ1) is 5.33. The maximum absolute atomic E-state index is 10.6. The molecule has 1 rings (SSSR count). The predicted octanol–water partition coefficient (Wildman–Crippen LogP) is -0.255. The molecule has 1 heterocycles. The third-order valence-corrected chi connectivity index (χ3v) is 1.16. The zero-order valence-electron chi connectivity index (χ0n) is 6.00. The minimum absolute atomic E-state index is 0.0113. The van der Waals surface area contributed by atoms with Crippen LogP contribution in [0, 0.1) is 12.3 Å². The lowest BCUT2D eigenvalue weighted by Gasteiger charge is -2.00. The maximum atomic E-state index is 10.6. The third-order valence-electron chi connectivity index (χ3n) is 1.16. The fraction of sp³-hybridized carbons (Fsp3) is 0.571. The number of alkyl carbamates (subject to hydrolysis) is 1. The van der Waals surface area contributed by atoms with Crippen molar-refractivity contribution in [3.63, 3.8) is 0 Å². The van der Waals surface area contributed by atoms with Gasteiger partial charge in [-0.2, -0.15) is 0 Å². The summed E-state index contributed by atoms with van der Waals surface area (Å²) in [4.78, 5) is 10.6. The molecule has 0 aromatic carbocycles. The maximum Gasteiger partial charge on any atom is 0.408 e. The lowest BCUT2D eigenvalue weighted by Crippen LogP contribution is -2.28. The van der Waals surface area contributed by atoms with E-state index >= 15 is 0 Å². The van der Waals surface area contributed by atoms with Crippen LogP contribution >= 0.6 is 0 Å². The average Bonchev–Trinajstić information content (AvgIpc) is 2.80. The number of ether oxygens (including phenoxy) is 2. The van der Waals surface area contributed by atoms with Crippen LogP contribution in [0.2, 0.25) is 0 Å². The Morgan fingerprint density at radius 3 is 3.18 bits per heavy atom. The van der Waals surface area contributed by atoms with Gasteiger partial charge in [-0.3, -0.25) is 0 Å². The van der Waals surface area contributed by atoms with E-state index in [1.165, 1.54) is 0 Å². The highest BCUT2D eigenvalue weighted by Gasteiger charge is 2.22. The van der Waals surface area contributed by atoms with Gasteiger partial charge < -0.3 is 14.8 Å². The van der Waals surface area contributed by atoms with Crippen molar-refractivity contribution >= 4 is 6.09 Å². The Labute approximate surface area is 64.9 Å². The Balaban J connectivity index is 1.96. The average molecular weight is 155 g/mol. The van der Waals surface area contributed by atoms with Gasteiger partial charge in [0.05, 0.1) is 12.7 Å². The number of hydrogen-bond donors (Lipinski definition) is 1. The number of nitrogens with one attached hydrogen (secondary N) is 1. The van der Waals surface area contributed by atoms with Gasteiger partial charge in [-0.25, -0.2) is 4.79 Å². The number of rotatable bonds is 3. The van der Waals surface area contributed by atoms with Crippen LogP contribution < -0.4 is 5.32 Å². The number of terminal acetylenes is 1. The van der Waals surface area contributed by atoms with Gasteiger partial charge in [0.15, 0.2) is 6.61 Å². The first-order valence-electron chi connectivity index (χ1n) is 3.28. The lowest BCUT2D eigenvalue weighted by atomic mass is 10.5. The number of carbonyl (C=O) groups is 1. The highest BCUT2D eigenvalue weighted by atomic mass is 16.6. The molecule has 0 aromatic heterocycles. The van der Waals surface area contributed by atoms with Crippen LogP contribution in [0.5, 0.6) is 0 Å². The summed E-state index contributed by atoms with van der Waals surface area (Å²) in [6.07, 6.45) is 4.55. The molecular formula is C7H9NO3. The fourth-order valence-electron chi connectivity index (χ4n) is 0.541. The van der Waals surface area contributed by atoms with Gasteiger partial charge >= 0.3 is 6.09 Å². The monoisotopic (exact) mass is 155 g/mol. The molecule has 1 aliphatic rings. The molecule has 0 radical (unpaired) electrons. The first-order valence-corrected chi connectivity index (χ1v) is 3.28. The minimum Gasteiger partial charge on any atom is -0.436 e. The Hall–Kier alpha value is -1.21. The molecule has 0 saturated carbocycles. The standard InChI is InChI=1S/C7H9NO3/c1-2-3-10-7(9)8-4-6-5-11-6/h1,6H,3-5H2,(H,8,9). The second-order valence-electron chi connectivity index (χ2n) is 2.12. The zero-order valence-corrected chi connectivity index (χ0v) is 6.00.